The van der Waals surface area contributed by atoms with Crippen molar-refractivity contribution >= 4 is 46.7 Å². The molecule has 2 aromatic rings. The quantitative estimate of drug-likeness (QED) is 0.256. The van der Waals surface area contributed by atoms with Crippen molar-refractivity contribution < 1.29 is 4.79 Å². The minimum atomic E-state index is -0.374. The van der Waals surface area contributed by atoms with Crippen LogP contribution < -0.4 is 16.0 Å². The lowest BCUT2D eigenvalue weighted by Crippen LogP contribution is -2.43. The highest BCUT2D eigenvalue weighted by Crippen LogP contribution is 2.16. The Bertz CT molecular complexity index is 765. The predicted octanol–water partition coefficient (Wildman–Crippen LogP) is 3.07. The lowest BCUT2D eigenvalue weighted by Gasteiger charge is -2.18. The maximum Gasteiger partial charge on any atom is 0.225 e. The Labute approximate surface area is 178 Å². The van der Waals surface area contributed by atoms with Crippen LogP contribution in [0.3, 0.4) is 0 Å². The topological polar surface area (TPSA) is 78.4 Å². The third kappa shape index (κ3) is 7.32. The number of aromatic nitrogens is 1. The van der Waals surface area contributed by atoms with Gasteiger partial charge in [0.25, 0.3) is 0 Å². The molecule has 1 heterocycles. The van der Waals surface area contributed by atoms with Crippen molar-refractivity contribution in [3.8, 4) is 0 Å². The lowest BCUT2D eigenvalue weighted by molar-refractivity contribution is -0.128. The van der Waals surface area contributed by atoms with Crippen molar-refractivity contribution in [3.63, 3.8) is 0 Å². The van der Waals surface area contributed by atoms with Crippen LogP contribution in [0.2, 0.25) is 0 Å². The highest BCUT2D eigenvalue weighted by Gasteiger charge is 2.20. The van der Waals surface area contributed by atoms with E-state index in [2.05, 4.69) is 32.0 Å². The molecule has 0 aliphatic rings. The Morgan fingerprint density at radius 2 is 1.78 bits per heavy atom. The van der Waals surface area contributed by atoms with Crippen LogP contribution in [0.1, 0.15) is 33.3 Å². The van der Waals surface area contributed by atoms with Gasteiger partial charge >= 0.3 is 0 Å². The van der Waals surface area contributed by atoms with E-state index in [4.69, 9.17) is 0 Å². The number of carbonyl (C=O) groups is 1. The molecule has 0 spiro atoms. The molecule has 3 N–H and O–H groups in total. The number of amides is 1. The SMILES string of the molecule is CCNC(=NCc1ccnc2ccccc12)NCCNC(=O)C(C)(C)C.I. The van der Waals surface area contributed by atoms with Crippen LogP contribution in [0, 0.1) is 5.41 Å². The van der Waals surface area contributed by atoms with Crippen molar-refractivity contribution in [2.45, 2.75) is 34.2 Å². The van der Waals surface area contributed by atoms with Gasteiger partial charge in [-0.25, -0.2) is 4.99 Å². The molecule has 0 atom stereocenters. The number of rotatable bonds is 6. The number of para-hydroxylation sites is 1. The maximum atomic E-state index is 11.9. The predicted molar refractivity (Wildman–Crippen MR) is 122 cm³/mol. The Kier molecular flexibility index (Phi) is 9.48. The number of guanidine groups is 1. The summed E-state index contributed by atoms with van der Waals surface area (Å²) in [5.41, 5.74) is 1.73. The Balaban J connectivity index is 0.00000364. The van der Waals surface area contributed by atoms with Crippen molar-refractivity contribution in [2.24, 2.45) is 10.4 Å². The van der Waals surface area contributed by atoms with Gasteiger partial charge in [-0.05, 0) is 24.6 Å². The molecule has 0 saturated carbocycles. The Morgan fingerprint density at radius 1 is 1.07 bits per heavy atom. The zero-order valence-electron chi connectivity index (χ0n) is 16.5. The average Bonchev–Trinajstić information content (AvgIpc) is 2.62. The summed E-state index contributed by atoms with van der Waals surface area (Å²) in [7, 11) is 0. The van der Waals surface area contributed by atoms with Crippen LogP contribution in [0.5, 0.6) is 0 Å². The van der Waals surface area contributed by atoms with Crippen molar-refractivity contribution in [3.05, 3.63) is 42.1 Å². The van der Waals surface area contributed by atoms with E-state index >= 15 is 0 Å². The Hall–Kier alpha value is -1.90. The summed E-state index contributed by atoms with van der Waals surface area (Å²) < 4.78 is 0. The van der Waals surface area contributed by atoms with Gasteiger partial charge in [-0.2, -0.15) is 0 Å². The molecule has 2 rings (SSSR count). The molecule has 0 aliphatic carbocycles. The molecule has 6 nitrogen and oxygen atoms in total. The maximum absolute atomic E-state index is 11.9. The van der Waals surface area contributed by atoms with Crippen LogP contribution in [-0.4, -0.2) is 36.5 Å². The normalized spacial score (nSPS) is 11.6. The number of aliphatic imine (C=N–C) groups is 1. The van der Waals surface area contributed by atoms with Gasteiger partial charge in [0.2, 0.25) is 5.91 Å². The van der Waals surface area contributed by atoms with E-state index in [0.717, 1.165) is 29.0 Å². The number of fused-ring (bicyclic) bond motifs is 1. The van der Waals surface area contributed by atoms with E-state index in [0.29, 0.717) is 19.6 Å². The van der Waals surface area contributed by atoms with E-state index in [1.165, 1.54) is 0 Å². The van der Waals surface area contributed by atoms with Gasteiger partial charge in [0, 0.05) is 36.6 Å². The number of hydrogen-bond donors (Lipinski definition) is 3. The highest BCUT2D eigenvalue weighted by atomic mass is 127. The zero-order valence-corrected chi connectivity index (χ0v) is 18.8. The minimum absolute atomic E-state index is 0. The summed E-state index contributed by atoms with van der Waals surface area (Å²) >= 11 is 0. The van der Waals surface area contributed by atoms with Crippen molar-refractivity contribution in [1.29, 1.82) is 0 Å². The van der Waals surface area contributed by atoms with Gasteiger partial charge in [0.1, 0.15) is 0 Å². The molecule has 0 radical (unpaired) electrons. The molecular weight excluding hydrogens is 453 g/mol. The fourth-order valence-corrected chi connectivity index (χ4v) is 2.42. The first-order valence-electron chi connectivity index (χ1n) is 9.05. The number of nitrogens with one attached hydrogen (secondary N) is 3. The standard InChI is InChI=1S/C20H29N5O.HI/c1-5-21-19(24-13-12-23-18(26)20(2,3)4)25-14-15-10-11-22-17-9-7-6-8-16(15)17;/h6-11H,5,12-14H2,1-4H3,(H,23,26)(H2,21,24,25);1H. The monoisotopic (exact) mass is 483 g/mol. The summed E-state index contributed by atoms with van der Waals surface area (Å²) in [6, 6.07) is 10.1. The smallest absolute Gasteiger partial charge is 0.225 e. The van der Waals surface area contributed by atoms with Crippen LogP contribution in [0.4, 0.5) is 0 Å². The molecule has 148 valence electrons. The average molecular weight is 483 g/mol. The zero-order chi connectivity index (χ0) is 19.0. The summed E-state index contributed by atoms with van der Waals surface area (Å²) in [6.07, 6.45) is 1.82. The molecule has 0 bridgehead atoms. The van der Waals surface area contributed by atoms with E-state index in [9.17, 15) is 4.79 Å². The fourth-order valence-electron chi connectivity index (χ4n) is 2.42. The molecule has 1 aromatic carbocycles. The van der Waals surface area contributed by atoms with Crippen molar-refractivity contribution in [1.82, 2.24) is 20.9 Å². The third-order valence-corrected chi connectivity index (χ3v) is 3.88. The molecular formula is C20H30IN5O. The molecule has 7 heteroatoms. The van der Waals surface area contributed by atoms with E-state index in [-0.39, 0.29) is 35.3 Å². The molecule has 0 unspecified atom stereocenters. The van der Waals surface area contributed by atoms with E-state index < -0.39 is 0 Å². The van der Waals surface area contributed by atoms with Crippen LogP contribution in [0.15, 0.2) is 41.5 Å². The molecule has 1 amide bonds. The fraction of sp³-hybridized carbons (Fsp3) is 0.450. The largest absolute Gasteiger partial charge is 0.357 e. The Morgan fingerprint density at radius 3 is 2.48 bits per heavy atom. The summed E-state index contributed by atoms with van der Waals surface area (Å²) in [4.78, 5) is 20.9. The molecule has 0 fully saturated rings. The lowest BCUT2D eigenvalue weighted by atomic mass is 9.96. The van der Waals surface area contributed by atoms with Gasteiger partial charge in [-0.3, -0.25) is 9.78 Å². The number of pyridine rings is 1. The molecule has 0 saturated heterocycles. The second-order valence-electron chi connectivity index (χ2n) is 7.12. The van der Waals surface area contributed by atoms with Crippen LogP contribution >= 0.6 is 24.0 Å². The molecule has 1 aromatic heterocycles. The van der Waals surface area contributed by atoms with E-state index in [1.54, 1.807) is 0 Å². The third-order valence-electron chi connectivity index (χ3n) is 3.88. The van der Waals surface area contributed by atoms with Gasteiger partial charge < -0.3 is 16.0 Å². The molecule has 27 heavy (non-hydrogen) atoms. The van der Waals surface area contributed by atoms with E-state index in [1.807, 2.05) is 58.2 Å². The van der Waals surface area contributed by atoms with Crippen LogP contribution in [0.25, 0.3) is 10.9 Å². The first kappa shape index (κ1) is 23.1. The molecule has 0 aliphatic heterocycles. The minimum Gasteiger partial charge on any atom is -0.357 e. The number of carbonyl (C=O) groups excluding carboxylic acids is 1. The first-order chi connectivity index (χ1) is 12.4. The van der Waals surface area contributed by atoms with Gasteiger partial charge in [-0.15, -0.1) is 24.0 Å². The van der Waals surface area contributed by atoms with Gasteiger partial charge in [0.15, 0.2) is 5.96 Å². The van der Waals surface area contributed by atoms with Crippen molar-refractivity contribution in [2.75, 3.05) is 19.6 Å². The van der Waals surface area contributed by atoms with Crippen LogP contribution in [-0.2, 0) is 11.3 Å². The summed E-state index contributed by atoms with van der Waals surface area (Å²) in [5.74, 6) is 0.780. The number of nitrogens with zero attached hydrogens (tertiary/aromatic N) is 2. The summed E-state index contributed by atoms with van der Waals surface area (Å²) in [6.45, 7) is 10.2. The number of halogens is 1. The highest BCUT2D eigenvalue weighted by molar-refractivity contribution is 14.0. The first-order valence-corrected chi connectivity index (χ1v) is 9.05. The number of benzene rings is 1. The second-order valence-corrected chi connectivity index (χ2v) is 7.12. The second kappa shape index (κ2) is 11.1. The van der Waals surface area contributed by atoms with Gasteiger partial charge in [0.05, 0.1) is 12.1 Å². The summed E-state index contributed by atoms with van der Waals surface area (Å²) in [5, 5.41) is 10.5. The number of hydrogen-bond acceptors (Lipinski definition) is 3. The van der Waals surface area contributed by atoms with Gasteiger partial charge in [-0.1, -0.05) is 39.0 Å².